The third kappa shape index (κ3) is 5.46. The topological polar surface area (TPSA) is 50.4 Å². The number of ether oxygens (including phenoxy) is 1. The number of anilines is 1. The van der Waals surface area contributed by atoms with Crippen LogP contribution in [0, 0.1) is 11.8 Å². The maximum absolute atomic E-state index is 12.8. The summed E-state index contributed by atoms with van der Waals surface area (Å²) in [7, 11) is 1.51. The molecule has 2 amide bonds. The summed E-state index contributed by atoms with van der Waals surface area (Å²) in [5.41, 5.74) is -0.416. The van der Waals surface area contributed by atoms with Crippen LogP contribution in [0.4, 0.5) is 23.7 Å². The minimum atomic E-state index is -4.47. The molecule has 0 radical (unpaired) electrons. The van der Waals surface area contributed by atoms with Gasteiger partial charge in [0, 0.05) is 17.3 Å². The second-order valence-electron chi connectivity index (χ2n) is 4.88. The normalized spacial score (nSPS) is 10.4. The first-order valence-corrected chi connectivity index (χ1v) is 7.24. The Balaban J connectivity index is 1.93. The van der Waals surface area contributed by atoms with Crippen molar-refractivity contribution in [1.82, 2.24) is 5.32 Å². The van der Waals surface area contributed by atoms with Crippen molar-refractivity contribution in [3.63, 3.8) is 0 Å². The molecule has 0 saturated carbocycles. The van der Waals surface area contributed by atoms with Crippen LogP contribution in [0.3, 0.4) is 0 Å². The van der Waals surface area contributed by atoms with Crippen molar-refractivity contribution >= 4 is 11.7 Å². The van der Waals surface area contributed by atoms with Gasteiger partial charge in [0.1, 0.15) is 5.75 Å². The van der Waals surface area contributed by atoms with Gasteiger partial charge in [-0.1, -0.05) is 30.0 Å². The summed E-state index contributed by atoms with van der Waals surface area (Å²) < 4.78 is 43.5. The molecule has 25 heavy (non-hydrogen) atoms. The highest BCUT2D eigenvalue weighted by atomic mass is 19.4. The molecule has 0 aromatic heterocycles. The molecule has 4 nitrogen and oxygen atoms in total. The van der Waals surface area contributed by atoms with Crippen molar-refractivity contribution in [3.05, 3.63) is 59.7 Å². The summed E-state index contributed by atoms with van der Waals surface area (Å²) >= 11 is 0. The summed E-state index contributed by atoms with van der Waals surface area (Å²) in [6.45, 7) is -0.0952. The molecule has 2 aromatic carbocycles. The van der Waals surface area contributed by atoms with Gasteiger partial charge in [-0.05, 0) is 24.3 Å². The molecule has 130 valence electrons. The van der Waals surface area contributed by atoms with E-state index in [9.17, 15) is 18.0 Å². The second-order valence-corrected chi connectivity index (χ2v) is 4.88. The summed E-state index contributed by atoms with van der Waals surface area (Å²) in [4.78, 5) is 11.7. The second kappa shape index (κ2) is 8.11. The number of hydrogen-bond donors (Lipinski definition) is 2. The van der Waals surface area contributed by atoms with E-state index < -0.39 is 17.8 Å². The molecule has 0 saturated heterocycles. The lowest BCUT2D eigenvalue weighted by molar-refractivity contribution is -0.137. The Morgan fingerprint density at radius 2 is 1.92 bits per heavy atom. The van der Waals surface area contributed by atoms with Crippen molar-refractivity contribution in [3.8, 4) is 17.6 Å². The highest BCUT2D eigenvalue weighted by Crippen LogP contribution is 2.31. The lowest BCUT2D eigenvalue weighted by atomic mass is 10.1. The first-order valence-electron chi connectivity index (χ1n) is 7.24. The molecule has 0 fully saturated rings. The Bertz CT molecular complexity index is 808. The number of rotatable bonds is 3. The molecule has 0 bridgehead atoms. The quantitative estimate of drug-likeness (QED) is 0.827. The molecule has 2 rings (SSSR count). The van der Waals surface area contributed by atoms with Gasteiger partial charge in [0.05, 0.1) is 19.2 Å². The minimum absolute atomic E-state index is 0.0952. The third-order valence-electron chi connectivity index (χ3n) is 3.12. The van der Waals surface area contributed by atoms with E-state index >= 15 is 0 Å². The molecule has 2 aromatic rings. The lowest BCUT2D eigenvalue weighted by Gasteiger charge is -2.08. The zero-order chi connectivity index (χ0) is 18.3. The number of carbonyl (C=O) groups is 1. The van der Waals surface area contributed by atoms with Crippen molar-refractivity contribution in [2.75, 3.05) is 19.0 Å². The van der Waals surface area contributed by atoms with Gasteiger partial charge in [-0.3, -0.25) is 0 Å². The van der Waals surface area contributed by atoms with E-state index in [0.29, 0.717) is 11.4 Å². The predicted molar refractivity (Wildman–Crippen MR) is 88.3 cm³/mol. The van der Waals surface area contributed by atoms with Gasteiger partial charge in [0.15, 0.2) is 0 Å². The Morgan fingerprint density at radius 1 is 1.16 bits per heavy atom. The zero-order valence-electron chi connectivity index (χ0n) is 13.3. The molecule has 0 aliphatic heterocycles. The number of methoxy groups -OCH3 is 1. The van der Waals surface area contributed by atoms with Gasteiger partial charge in [-0.15, -0.1) is 0 Å². The fourth-order valence-corrected chi connectivity index (χ4v) is 1.98. The van der Waals surface area contributed by atoms with Crippen LogP contribution in [0.2, 0.25) is 0 Å². The van der Waals surface area contributed by atoms with Gasteiger partial charge in [-0.2, -0.15) is 13.2 Å². The van der Waals surface area contributed by atoms with Gasteiger partial charge >= 0.3 is 12.2 Å². The van der Waals surface area contributed by atoms with Crippen LogP contribution >= 0.6 is 0 Å². The fraction of sp³-hybridized carbons (Fsp3) is 0.167. The Hall–Kier alpha value is -3.14. The van der Waals surface area contributed by atoms with Crippen molar-refractivity contribution in [1.29, 1.82) is 0 Å². The van der Waals surface area contributed by atoms with E-state index in [-0.39, 0.29) is 12.1 Å². The molecule has 0 spiro atoms. The molecule has 2 N–H and O–H groups in total. The van der Waals surface area contributed by atoms with Gasteiger partial charge < -0.3 is 15.4 Å². The van der Waals surface area contributed by atoms with Gasteiger partial charge in [-0.25, -0.2) is 4.79 Å². The first-order chi connectivity index (χ1) is 11.9. The minimum Gasteiger partial charge on any atom is -0.497 e. The Morgan fingerprint density at radius 3 is 2.64 bits per heavy atom. The van der Waals surface area contributed by atoms with Crippen LogP contribution in [0.5, 0.6) is 5.75 Å². The van der Waals surface area contributed by atoms with Crippen molar-refractivity contribution in [2.24, 2.45) is 0 Å². The van der Waals surface area contributed by atoms with E-state index in [2.05, 4.69) is 22.5 Å². The SMILES string of the molecule is COc1cccc(NC(=O)NCC#Cc2ccccc2C(F)(F)F)c1. The Labute approximate surface area is 143 Å². The predicted octanol–water partition coefficient (Wildman–Crippen LogP) is 3.89. The number of amides is 2. The zero-order valence-corrected chi connectivity index (χ0v) is 13.3. The van der Waals surface area contributed by atoms with Crippen LogP contribution in [0.15, 0.2) is 48.5 Å². The van der Waals surface area contributed by atoms with Crippen LogP contribution in [0.25, 0.3) is 0 Å². The summed E-state index contributed by atoms with van der Waals surface area (Å²) in [5, 5.41) is 5.02. The molecule has 0 heterocycles. The largest absolute Gasteiger partial charge is 0.497 e. The number of halogens is 3. The summed E-state index contributed by atoms with van der Waals surface area (Å²) in [6, 6.07) is 11.2. The Kier molecular flexibility index (Phi) is 5.90. The molecule has 0 aliphatic carbocycles. The van der Waals surface area contributed by atoms with E-state index in [1.165, 1.54) is 25.3 Å². The van der Waals surface area contributed by atoms with Crippen LogP contribution < -0.4 is 15.4 Å². The average Bonchev–Trinajstić information content (AvgIpc) is 2.58. The maximum atomic E-state index is 12.8. The van der Waals surface area contributed by atoms with Gasteiger partial charge in [0.25, 0.3) is 0 Å². The van der Waals surface area contributed by atoms with E-state index in [1.54, 1.807) is 24.3 Å². The molecule has 7 heteroatoms. The summed E-state index contributed by atoms with van der Waals surface area (Å²) in [5.74, 6) is 5.52. The fourth-order valence-electron chi connectivity index (χ4n) is 1.98. The van der Waals surface area contributed by atoms with E-state index in [1.807, 2.05) is 0 Å². The molecule has 0 aliphatic rings. The maximum Gasteiger partial charge on any atom is 0.417 e. The van der Waals surface area contributed by atoms with Crippen molar-refractivity contribution in [2.45, 2.75) is 6.18 Å². The van der Waals surface area contributed by atoms with Crippen molar-refractivity contribution < 1.29 is 22.7 Å². The average molecular weight is 348 g/mol. The lowest BCUT2D eigenvalue weighted by Crippen LogP contribution is -2.28. The van der Waals surface area contributed by atoms with E-state index in [4.69, 9.17) is 4.74 Å². The smallest absolute Gasteiger partial charge is 0.417 e. The number of nitrogens with one attached hydrogen (secondary N) is 2. The molecule has 0 atom stereocenters. The summed E-state index contributed by atoms with van der Waals surface area (Å²) in [6.07, 6.45) is -4.47. The number of urea groups is 1. The molecule has 0 unspecified atom stereocenters. The number of alkyl halides is 3. The third-order valence-corrected chi connectivity index (χ3v) is 3.12. The highest BCUT2D eigenvalue weighted by molar-refractivity contribution is 5.89. The molecular weight excluding hydrogens is 333 g/mol. The monoisotopic (exact) mass is 348 g/mol. The van der Waals surface area contributed by atoms with Crippen LogP contribution in [0.1, 0.15) is 11.1 Å². The standard InChI is InChI=1S/C18H15F3N2O2/c1-25-15-9-4-8-14(12-15)23-17(24)22-11-5-7-13-6-2-3-10-16(13)18(19,20)21/h2-4,6,8-10,12H,11H2,1H3,(H2,22,23,24). The van der Waals surface area contributed by atoms with Gasteiger partial charge in [0.2, 0.25) is 0 Å². The number of carbonyl (C=O) groups excluding carboxylic acids is 1. The van der Waals surface area contributed by atoms with Crippen LogP contribution in [-0.4, -0.2) is 19.7 Å². The molecular formula is C18H15F3N2O2. The van der Waals surface area contributed by atoms with Crippen LogP contribution in [-0.2, 0) is 6.18 Å². The number of hydrogen-bond acceptors (Lipinski definition) is 2. The number of benzene rings is 2. The first kappa shape index (κ1) is 18.2. The van der Waals surface area contributed by atoms with E-state index in [0.717, 1.165) is 6.07 Å². The highest BCUT2D eigenvalue weighted by Gasteiger charge is 2.32.